The molecule has 14 heteroatoms. The Kier molecular flexibility index (Phi) is 5.37. The second-order valence-corrected chi connectivity index (χ2v) is 11.2. The molecule has 7 rings (SSSR count). The first-order valence-corrected chi connectivity index (χ1v) is 12.8. The zero-order valence-electron chi connectivity index (χ0n) is 20.2. The summed E-state index contributed by atoms with van der Waals surface area (Å²) in [6, 6.07) is 5.71. The van der Waals surface area contributed by atoms with Crippen molar-refractivity contribution in [2.24, 2.45) is 5.41 Å². The number of anilines is 2. The van der Waals surface area contributed by atoms with E-state index in [0.29, 0.717) is 37.1 Å². The first-order chi connectivity index (χ1) is 18.1. The maximum Gasteiger partial charge on any atom is 0.401 e. The molecule has 0 radical (unpaired) electrons. The van der Waals surface area contributed by atoms with Crippen molar-refractivity contribution < 1.29 is 17.6 Å². The standard InChI is InChI=1S/C24H24ClF4N9/c25-16-1-2-19-15(3-16)6-35(18-7-34(8-18)14-24(27,28)29)9-20-32-33-22(38(19)20)37-12-23(13-37)10-36(11-23)21-30-4-17(26)5-31-21/h1-5,18H,6-14H2. The van der Waals surface area contributed by atoms with Gasteiger partial charge in [-0.3, -0.25) is 14.4 Å². The number of hydrogen-bond acceptors (Lipinski definition) is 8. The quantitative estimate of drug-likeness (QED) is 0.460. The third-order valence-electron chi connectivity index (χ3n) is 7.85. The summed E-state index contributed by atoms with van der Waals surface area (Å²) >= 11 is 6.34. The molecule has 2 aromatic heterocycles. The fourth-order valence-electron chi connectivity index (χ4n) is 6.11. The summed E-state index contributed by atoms with van der Waals surface area (Å²) < 4.78 is 53.6. The number of benzene rings is 1. The number of aromatic nitrogens is 5. The average Bonchev–Trinajstić information content (AvgIpc) is 3.10. The van der Waals surface area contributed by atoms with Crippen molar-refractivity contribution in [3.63, 3.8) is 0 Å². The minimum Gasteiger partial charge on any atom is -0.339 e. The van der Waals surface area contributed by atoms with Crippen molar-refractivity contribution in [1.29, 1.82) is 0 Å². The Morgan fingerprint density at radius 1 is 0.974 bits per heavy atom. The van der Waals surface area contributed by atoms with Gasteiger partial charge < -0.3 is 9.80 Å². The van der Waals surface area contributed by atoms with Crippen LogP contribution in [0.15, 0.2) is 30.6 Å². The van der Waals surface area contributed by atoms with E-state index in [0.717, 1.165) is 49.2 Å². The lowest BCUT2D eigenvalue weighted by molar-refractivity contribution is -0.161. The highest BCUT2D eigenvalue weighted by molar-refractivity contribution is 6.30. The summed E-state index contributed by atoms with van der Waals surface area (Å²) in [5.41, 5.74) is 2.02. The van der Waals surface area contributed by atoms with E-state index in [1.807, 2.05) is 23.1 Å². The molecule has 9 nitrogen and oxygen atoms in total. The van der Waals surface area contributed by atoms with E-state index in [-0.39, 0.29) is 11.5 Å². The summed E-state index contributed by atoms with van der Waals surface area (Å²) in [6.07, 6.45) is -1.84. The molecule has 6 heterocycles. The van der Waals surface area contributed by atoms with Crippen LogP contribution in [0.4, 0.5) is 29.5 Å². The van der Waals surface area contributed by atoms with Crippen LogP contribution in [0.3, 0.4) is 0 Å². The van der Waals surface area contributed by atoms with Gasteiger partial charge in [0.15, 0.2) is 11.6 Å². The molecule has 0 amide bonds. The molecule has 200 valence electrons. The van der Waals surface area contributed by atoms with Crippen molar-refractivity contribution in [1.82, 2.24) is 34.5 Å². The highest BCUT2D eigenvalue weighted by atomic mass is 35.5. The third-order valence-corrected chi connectivity index (χ3v) is 8.08. The Hall–Kier alpha value is -3.03. The number of alkyl halides is 3. The van der Waals surface area contributed by atoms with Crippen molar-refractivity contribution in [2.45, 2.75) is 25.3 Å². The Morgan fingerprint density at radius 3 is 2.39 bits per heavy atom. The van der Waals surface area contributed by atoms with E-state index in [2.05, 4.69) is 34.5 Å². The van der Waals surface area contributed by atoms with E-state index in [1.54, 1.807) is 0 Å². The second-order valence-electron chi connectivity index (χ2n) is 10.8. The van der Waals surface area contributed by atoms with Gasteiger partial charge in [-0.05, 0) is 23.8 Å². The van der Waals surface area contributed by atoms with Gasteiger partial charge in [-0.15, -0.1) is 10.2 Å². The minimum absolute atomic E-state index is 0.00204. The van der Waals surface area contributed by atoms with Gasteiger partial charge in [0.05, 0.1) is 31.2 Å². The van der Waals surface area contributed by atoms with E-state index in [9.17, 15) is 17.6 Å². The summed E-state index contributed by atoms with van der Waals surface area (Å²) in [4.78, 5) is 16.0. The molecule has 3 saturated heterocycles. The average molecular weight is 550 g/mol. The predicted octanol–water partition coefficient (Wildman–Crippen LogP) is 2.74. The molecule has 4 aliphatic heterocycles. The van der Waals surface area contributed by atoms with Crippen molar-refractivity contribution in [3.05, 3.63) is 52.8 Å². The van der Waals surface area contributed by atoms with Crippen molar-refractivity contribution in [2.75, 3.05) is 55.6 Å². The van der Waals surface area contributed by atoms with Gasteiger partial charge in [-0.25, -0.2) is 14.4 Å². The predicted molar refractivity (Wildman–Crippen MR) is 131 cm³/mol. The molecule has 3 fully saturated rings. The monoisotopic (exact) mass is 549 g/mol. The summed E-state index contributed by atoms with van der Waals surface area (Å²) in [7, 11) is 0. The van der Waals surface area contributed by atoms with Crippen LogP contribution >= 0.6 is 11.6 Å². The maximum atomic E-state index is 13.2. The summed E-state index contributed by atoms with van der Waals surface area (Å²) in [5.74, 6) is 1.58. The lowest BCUT2D eigenvalue weighted by atomic mass is 9.73. The van der Waals surface area contributed by atoms with E-state index in [1.165, 1.54) is 17.3 Å². The highest BCUT2D eigenvalue weighted by Crippen LogP contribution is 2.43. The Bertz CT molecular complexity index is 1360. The topological polar surface area (TPSA) is 69.5 Å². The molecule has 3 aromatic rings. The molecular weight excluding hydrogens is 526 g/mol. The van der Waals surface area contributed by atoms with Crippen LogP contribution in [-0.4, -0.2) is 92.6 Å². The van der Waals surface area contributed by atoms with Crippen LogP contribution in [0.25, 0.3) is 5.69 Å². The normalized spacial score (nSPS) is 21.4. The molecule has 0 N–H and O–H groups in total. The highest BCUT2D eigenvalue weighted by Gasteiger charge is 2.54. The van der Waals surface area contributed by atoms with Crippen LogP contribution in [0.2, 0.25) is 5.02 Å². The van der Waals surface area contributed by atoms with Gasteiger partial charge in [0.1, 0.15) is 0 Å². The number of halogens is 5. The number of likely N-dealkylation sites (tertiary alicyclic amines) is 1. The fraction of sp³-hybridized carbons (Fsp3) is 0.500. The molecule has 0 aliphatic carbocycles. The number of hydrogen-bond donors (Lipinski definition) is 0. The van der Waals surface area contributed by atoms with Gasteiger partial charge in [0, 0.05) is 62.3 Å². The zero-order valence-corrected chi connectivity index (χ0v) is 21.0. The van der Waals surface area contributed by atoms with Crippen molar-refractivity contribution in [3.8, 4) is 5.69 Å². The van der Waals surface area contributed by atoms with Crippen LogP contribution in [0.5, 0.6) is 0 Å². The van der Waals surface area contributed by atoms with Gasteiger partial charge >= 0.3 is 6.18 Å². The number of rotatable bonds is 4. The van der Waals surface area contributed by atoms with Crippen LogP contribution < -0.4 is 9.80 Å². The lowest BCUT2D eigenvalue weighted by Crippen LogP contribution is -2.73. The summed E-state index contributed by atoms with van der Waals surface area (Å²) in [6.45, 7) is 4.05. The van der Waals surface area contributed by atoms with E-state index in [4.69, 9.17) is 11.6 Å². The SMILES string of the molecule is Fc1cnc(N2CC3(C2)CN(c2nnc4n2-c2ccc(Cl)cc2CN(C2CN(CC(F)(F)F)C2)C4)C3)nc1. The molecular formula is C24H24ClF4N9. The van der Waals surface area contributed by atoms with Gasteiger partial charge in [-0.2, -0.15) is 13.2 Å². The molecule has 1 aromatic carbocycles. The smallest absolute Gasteiger partial charge is 0.339 e. The zero-order chi connectivity index (χ0) is 26.2. The Balaban J connectivity index is 1.09. The maximum absolute atomic E-state index is 13.2. The molecule has 0 bridgehead atoms. The van der Waals surface area contributed by atoms with E-state index >= 15 is 0 Å². The first-order valence-electron chi connectivity index (χ1n) is 12.4. The lowest BCUT2D eigenvalue weighted by Gasteiger charge is -2.60. The number of nitrogens with zero attached hydrogens (tertiary/aromatic N) is 9. The van der Waals surface area contributed by atoms with Gasteiger partial charge in [0.25, 0.3) is 0 Å². The molecule has 4 aliphatic rings. The summed E-state index contributed by atoms with van der Waals surface area (Å²) in [5, 5.41) is 9.65. The fourth-order valence-corrected chi connectivity index (χ4v) is 6.30. The van der Waals surface area contributed by atoms with E-state index < -0.39 is 18.5 Å². The molecule has 0 saturated carbocycles. The molecule has 1 spiro atoms. The molecule has 0 atom stereocenters. The van der Waals surface area contributed by atoms with Crippen LogP contribution in [-0.2, 0) is 13.1 Å². The van der Waals surface area contributed by atoms with Gasteiger partial charge in [0.2, 0.25) is 11.9 Å². The number of fused-ring (bicyclic) bond motifs is 3. The minimum atomic E-state index is -4.20. The Labute approximate surface area is 220 Å². The van der Waals surface area contributed by atoms with Gasteiger partial charge in [-0.1, -0.05) is 11.6 Å². The third kappa shape index (κ3) is 4.16. The molecule has 0 unspecified atom stereocenters. The Morgan fingerprint density at radius 2 is 1.68 bits per heavy atom. The van der Waals surface area contributed by atoms with Crippen molar-refractivity contribution >= 4 is 23.5 Å². The second kappa shape index (κ2) is 8.48. The molecule has 38 heavy (non-hydrogen) atoms. The largest absolute Gasteiger partial charge is 0.401 e. The first kappa shape index (κ1) is 24.0. The van der Waals surface area contributed by atoms with Crippen LogP contribution in [0.1, 0.15) is 11.4 Å². The van der Waals surface area contributed by atoms with Crippen LogP contribution in [0, 0.1) is 11.2 Å².